The van der Waals surface area contributed by atoms with E-state index in [4.69, 9.17) is 21.1 Å². The Kier molecular flexibility index (Phi) is 6.51. The minimum atomic E-state index is -0.778. The Morgan fingerprint density at radius 1 is 1.15 bits per heavy atom. The highest BCUT2D eigenvalue weighted by atomic mass is 35.5. The third-order valence-electron chi connectivity index (χ3n) is 3.26. The predicted octanol–water partition coefficient (Wildman–Crippen LogP) is 3.12. The van der Waals surface area contributed by atoms with E-state index in [1.807, 2.05) is 0 Å². The molecule has 1 N–H and O–H groups in total. The average Bonchev–Trinajstić information content (AvgIpc) is 2.60. The summed E-state index contributed by atoms with van der Waals surface area (Å²) in [5.41, 5.74) is 0.332. The van der Waals surface area contributed by atoms with Crippen molar-refractivity contribution in [2.45, 2.75) is 6.92 Å². The van der Waals surface area contributed by atoms with Crippen LogP contribution in [0.5, 0.6) is 5.75 Å². The molecule has 0 aromatic heterocycles. The van der Waals surface area contributed by atoms with E-state index in [2.05, 4.69) is 5.32 Å². The van der Waals surface area contributed by atoms with Gasteiger partial charge in [-0.3, -0.25) is 14.9 Å². The van der Waals surface area contributed by atoms with Crippen LogP contribution in [0.15, 0.2) is 42.5 Å². The number of benzene rings is 2. The molecule has 0 saturated heterocycles. The van der Waals surface area contributed by atoms with E-state index in [0.29, 0.717) is 16.3 Å². The van der Waals surface area contributed by atoms with Crippen molar-refractivity contribution < 1.29 is 24.0 Å². The fourth-order valence-corrected chi connectivity index (χ4v) is 2.22. The van der Waals surface area contributed by atoms with E-state index in [1.54, 1.807) is 37.3 Å². The lowest BCUT2D eigenvalue weighted by molar-refractivity contribution is -0.384. The van der Waals surface area contributed by atoms with Crippen molar-refractivity contribution in [1.82, 2.24) is 0 Å². The lowest BCUT2D eigenvalue weighted by Gasteiger charge is -2.10. The number of rotatable bonds is 7. The number of ether oxygens (including phenoxy) is 2. The molecule has 0 radical (unpaired) electrons. The van der Waals surface area contributed by atoms with Crippen molar-refractivity contribution >= 4 is 34.9 Å². The minimum absolute atomic E-state index is 0.0610. The number of nitrogens with zero attached hydrogens (tertiary/aromatic N) is 1. The van der Waals surface area contributed by atoms with Gasteiger partial charge in [0.05, 0.1) is 9.95 Å². The molecule has 1 amide bonds. The molecule has 0 atom stereocenters. The van der Waals surface area contributed by atoms with E-state index in [-0.39, 0.29) is 11.4 Å². The maximum absolute atomic E-state index is 11.9. The van der Waals surface area contributed by atoms with Gasteiger partial charge in [0.2, 0.25) is 0 Å². The zero-order chi connectivity index (χ0) is 19.1. The number of para-hydroxylation sites is 2. The zero-order valence-corrected chi connectivity index (χ0v) is 14.5. The highest BCUT2D eigenvalue weighted by molar-refractivity contribution is 6.32. The van der Waals surface area contributed by atoms with Gasteiger partial charge in [-0.2, -0.15) is 0 Å². The van der Waals surface area contributed by atoms with Gasteiger partial charge in [-0.05, 0) is 24.6 Å². The molecule has 0 spiro atoms. The molecule has 136 valence electrons. The number of carbonyl (C=O) groups is 2. The second-order valence-corrected chi connectivity index (χ2v) is 5.56. The summed E-state index contributed by atoms with van der Waals surface area (Å²) in [7, 11) is 0. The second-order valence-electron chi connectivity index (χ2n) is 5.15. The third-order valence-corrected chi connectivity index (χ3v) is 3.57. The number of nitro groups is 1. The zero-order valence-electron chi connectivity index (χ0n) is 13.7. The predicted molar refractivity (Wildman–Crippen MR) is 94.4 cm³/mol. The summed E-state index contributed by atoms with van der Waals surface area (Å²) in [4.78, 5) is 34.0. The number of aryl methyl sites for hydroxylation is 1. The molecule has 0 aliphatic carbocycles. The molecule has 2 aromatic carbocycles. The normalized spacial score (nSPS) is 10.1. The maximum Gasteiger partial charge on any atom is 0.344 e. The van der Waals surface area contributed by atoms with Crippen molar-refractivity contribution in [3.8, 4) is 5.75 Å². The molecule has 0 saturated carbocycles. The first kappa shape index (κ1) is 19.2. The summed E-state index contributed by atoms with van der Waals surface area (Å²) < 4.78 is 9.98. The van der Waals surface area contributed by atoms with Crippen molar-refractivity contribution in [1.29, 1.82) is 0 Å². The number of amides is 1. The molecule has 0 bridgehead atoms. The van der Waals surface area contributed by atoms with Gasteiger partial charge >= 0.3 is 5.97 Å². The summed E-state index contributed by atoms with van der Waals surface area (Å²) in [5, 5.41) is 13.7. The van der Waals surface area contributed by atoms with Crippen LogP contribution >= 0.6 is 11.6 Å². The van der Waals surface area contributed by atoms with Gasteiger partial charge in [0.25, 0.3) is 11.6 Å². The summed E-state index contributed by atoms with van der Waals surface area (Å²) >= 11 is 5.88. The topological polar surface area (TPSA) is 108 Å². The van der Waals surface area contributed by atoms with Crippen LogP contribution in [0, 0.1) is 17.0 Å². The van der Waals surface area contributed by atoms with Crippen LogP contribution in [-0.2, 0) is 14.3 Å². The maximum atomic E-state index is 11.9. The van der Waals surface area contributed by atoms with Crippen molar-refractivity contribution in [2.75, 3.05) is 18.5 Å². The van der Waals surface area contributed by atoms with E-state index in [1.165, 1.54) is 12.1 Å². The van der Waals surface area contributed by atoms with Crippen LogP contribution < -0.4 is 10.1 Å². The second kappa shape index (κ2) is 8.82. The van der Waals surface area contributed by atoms with Crippen LogP contribution in [0.25, 0.3) is 0 Å². The summed E-state index contributed by atoms with van der Waals surface area (Å²) in [6.07, 6.45) is 0. The molecule has 2 aromatic rings. The first-order chi connectivity index (χ1) is 12.4. The van der Waals surface area contributed by atoms with Crippen LogP contribution in [0.2, 0.25) is 5.02 Å². The fourth-order valence-electron chi connectivity index (χ4n) is 2.03. The molecule has 0 unspecified atom stereocenters. The number of carbonyl (C=O) groups excluding carboxylic acids is 2. The van der Waals surface area contributed by atoms with Gasteiger partial charge in [-0.15, -0.1) is 0 Å². The lowest BCUT2D eigenvalue weighted by atomic mass is 10.1. The Morgan fingerprint density at radius 3 is 2.58 bits per heavy atom. The molecule has 0 aliphatic rings. The molecular formula is C17H15ClN2O6. The smallest absolute Gasteiger partial charge is 0.344 e. The molecule has 0 fully saturated rings. The quantitative estimate of drug-likeness (QED) is 0.450. The average molecular weight is 379 g/mol. The Morgan fingerprint density at radius 2 is 1.88 bits per heavy atom. The number of hydrogen-bond acceptors (Lipinski definition) is 6. The fraction of sp³-hybridized carbons (Fsp3) is 0.176. The van der Waals surface area contributed by atoms with E-state index in [0.717, 1.165) is 0 Å². The van der Waals surface area contributed by atoms with Crippen LogP contribution in [-0.4, -0.2) is 30.0 Å². The number of nitro benzene ring substituents is 1. The number of nitrogens with one attached hydrogen (secondary N) is 1. The Hall–Kier alpha value is -3.13. The highest BCUT2D eigenvalue weighted by Crippen LogP contribution is 2.27. The van der Waals surface area contributed by atoms with E-state index >= 15 is 0 Å². The minimum Gasteiger partial charge on any atom is -0.480 e. The molecule has 9 heteroatoms. The highest BCUT2D eigenvalue weighted by Gasteiger charge is 2.18. The lowest BCUT2D eigenvalue weighted by Crippen LogP contribution is -2.24. The van der Waals surface area contributed by atoms with E-state index < -0.39 is 30.0 Å². The van der Waals surface area contributed by atoms with Gasteiger partial charge in [-0.25, -0.2) is 4.79 Å². The van der Waals surface area contributed by atoms with Crippen LogP contribution in [0.3, 0.4) is 0 Å². The molecule has 2 rings (SSSR count). The number of hydrogen-bond donors (Lipinski definition) is 1. The van der Waals surface area contributed by atoms with Crippen LogP contribution in [0.1, 0.15) is 5.56 Å². The summed E-state index contributed by atoms with van der Waals surface area (Å²) in [5.74, 6) is -1.17. The monoisotopic (exact) mass is 378 g/mol. The van der Waals surface area contributed by atoms with Crippen molar-refractivity contribution in [3.05, 3.63) is 63.2 Å². The molecule has 0 heterocycles. The molecular weight excluding hydrogens is 364 g/mol. The Labute approximate surface area is 153 Å². The summed E-state index contributed by atoms with van der Waals surface area (Å²) in [6, 6.07) is 11.0. The van der Waals surface area contributed by atoms with Crippen molar-refractivity contribution in [2.24, 2.45) is 0 Å². The molecule has 8 nitrogen and oxygen atoms in total. The SMILES string of the molecule is Cc1cccc([N+](=O)[O-])c1NC(=O)COC(=O)COc1ccccc1Cl. The number of halogens is 1. The third kappa shape index (κ3) is 5.18. The van der Waals surface area contributed by atoms with Gasteiger partial charge in [0.1, 0.15) is 11.4 Å². The Bertz CT molecular complexity index is 840. The summed E-state index contributed by atoms with van der Waals surface area (Å²) in [6.45, 7) is 0.587. The largest absolute Gasteiger partial charge is 0.480 e. The van der Waals surface area contributed by atoms with Gasteiger partial charge in [0.15, 0.2) is 13.2 Å². The van der Waals surface area contributed by atoms with E-state index in [9.17, 15) is 19.7 Å². The Balaban J connectivity index is 1.86. The number of esters is 1. The van der Waals surface area contributed by atoms with Gasteiger partial charge < -0.3 is 14.8 Å². The molecule has 26 heavy (non-hydrogen) atoms. The van der Waals surface area contributed by atoms with Gasteiger partial charge in [-0.1, -0.05) is 35.9 Å². The number of anilines is 1. The first-order valence-electron chi connectivity index (χ1n) is 7.45. The van der Waals surface area contributed by atoms with Crippen molar-refractivity contribution in [3.63, 3.8) is 0 Å². The first-order valence-corrected chi connectivity index (χ1v) is 7.83. The van der Waals surface area contributed by atoms with Crippen LogP contribution in [0.4, 0.5) is 11.4 Å². The molecule has 0 aliphatic heterocycles. The standard InChI is InChI=1S/C17H15ClN2O6/c1-11-5-4-7-13(20(23)24)17(11)19-15(21)9-26-16(22)10-25-14-8-3-2-6-12(14)18/h2-8H,9-10H2,1H3,(H,19,21). The van der Waals surface area contributed by atoms with Gasteiger partial charge in [0, 0.05) is 6.07 Å².